The minimum atomic E-state index is -0.0229. The largest absolute Gasteiger partial charge is 0.352 e. The number of hydrogen-bond acceptors (Lipinski definition) is 2. The number of unbranched alkanes of at least 4 members (excludes halogenated alkanes) is 1. The lowest BCUT2D eigenvalue weighted by Crippen LogP contribution is -2.24. The maximum absolute atomic E-state index is 11.5. The van der Waals surface area contributed by atoms with Crippen molar-refractivity contribution in [3.63, 3.8) is 0 Å². The van der Waals surface area contributed by atoms with Crippen LogP contribution in [0.1, 0.15) is 19.8 Å². The van der Waals surface area contributed by atoms with Crippen molar-refractivity contribution in [1.29, 1.82) is 0 Å². The summed E-state index contributed by atoms with van der Waals surface area (Å²) >= 11 is 0. The normalized spacial score (nSPS) is 17.2. The second-order valence-corrected chi connectivity index (χ2v) is 3.53. The SMILES string of the molecule is CCCCNC(=O)C=C1C=CC=CN1C. The Morgan fingerprint density at radius 3 is 3.00 bits per heavy atom. The molecule has 1 N–H and O–H groups in total. The highest BCUT2D eigenvalue weighted by Crippen LogP contribution is 2.08. The predicted octanol–water partition coefficient (Wildman–Crippen LogP) is 1.80. The summed E-state index contributed by atoms with van der Waals surface area (Å²) in [7, 11) is 1.92. The van der Waals surface area contributed by atoms with E-state index in [4.69, 9.17) is 0 Å². The Morgan fingerprint density at radius 1 is 1.53 bits per heavy atom. The molecule has 1 aliphatic heterocycles. The number of hydrogen-bond donors (Lipinski definition) is 1. The van der Waals surface area contributed by atoms with E-state index in [9.17, 15) is 4.79 Å². The van der Waals surface area contributed by atoms with Crippen LogP contribution in [0.5, 0.6) is 0 Å². The van der Waals surface area contributed by atoms with E-state index in [1.54, 1.807) is 6.08 Å². The van der Waals surface area contributed by atoms with E-state index >= 15 is 0 Å². The van der Waals surface area contributed by atoms with Gasteiger partial charge in [0.1, 0.15) is 0 Å². The van der Waals surface area contributed by atoms with Gasteiger partial charge in [-0.3, -0.25) is 4.79 Å². The van der Waals surface area contributed by atoms with Crippen LogP contribution < -0.4 is 5.32 Å². The van der Waals surface area contributed by atoms with Gasteiger partial charge in [0.15, 0.2) is 0 Å². The molecule has 0 fully saturated rings. The third-order valence-corrected chi connectivity index (χ3v) is 2.20. The lowest BCUT2D eigenvalue weighted by Gasteiger charge is -2.17. The first-order valence-electron chi connectivity index (χ1n) is 5.31. The first-order chi connectivity index (χ1) is 7.24. The van der Waals surface area contributed by atoms with Crippen molar-refractivity contribution in [1.82, 2.24) is 10.2 Å². The highest BCUT2D eigenvalue weighted by Gasteiger charge is 2.03. The Kier molecular flexibility index (Phi) is 4.68. The number of carbonyl (C=O) groups is 1. The van der Waals surface area contributed by atoms with Gasteiger partial charge in [-0.15, -0.1) is 0 Å². The molecule has 82 valence electrons. The minimum Gasteiger partial charge on any atom is -0.352 e. The summed E-state index contributed by atoms with van der Waals surface area (Å²) in [6.07, 6.45) is 11.4. The summed E-state index contributed by atoms with van der Waals surface area (Å²) in [5.74, 6) is -0.0229. The van der Waals surface area contributed by atoms with Gasteiger partial charge in [0, 0.05) is 31.6 Å². The number of nitrogens with zero attached hydrogens (tertiary/aromatic N) is 1. The number of nitrogens with one attached hydrogen (secondary N) is 1. The van der Waals surface area contributed by atoms with Gasteiger partial charge in [0.05, 0.1) is 0 Å². The maximum Gasteiger partial charge on any atom is 0.246 e. The summed E-state index contributed by atoms with van der Waals surface area (Å²) in [4.78, 5) is 13.4. The van der Waals surface area contributed by atoms with Gasteiger partial charge < -0.3 is 10.2 Å². The number of amides is 1. The molecular formula is C12H18N2O. The zero-order valence-electron chi connectivity index (χ0n) is 9.36. The van der Waals surface area contributed by atoms with Crippen LogP contribution in [0.15, 0.2) is 36.2 Å². The molecule has 1 rings (SSSR count). The third kappa shape index (κ3) is 4.02. The smallest absolute Gasteiger partial charge is 0.246 e. The van der Waals surface area contributed by atoms with E-state index in [1.165, 1.54) is 0 Å². The Morgan fingerprint density at radius 2 is 2.33 bits per heavy atom. The minimum absolute atomic E-state index is 0.0229. The van der Waals surface area contributed by atoms with Crippen molar-refractivity contribution in [2.75, 3.05) is 13.6 Å². The fraction of sp³-hybridized carbons (Fsp3) is 0.417. The summed E-state index contributed by atoms with van der Waals surface area (Å²) < 4.78 is 0. The number of likely N-dealkylation sites (N-methyl/N-ethyl adjacent to an activating group) is 1. The van der Waals surface area contributed by atoms with Crippen molar-refractivity contribution < 1.29 is 4.79 Å². The van der Waals surface area contributed by atoms with E-state index in [0.29, 0.717) is 0 Å². The standard InChI is InChI=1S/C12H18N2O/c1-3-4-8-13-12(15)10-11-7-5-6-9-14(11)2/h5-7,9-10H,3-4,8H2,1-2H3,(H,13,15). The summed E-state index contributed by atoms with van der Waals surface area (Å²) in [6, 6.07) is 0. The number of allylic oxidation sites excluding steroid dienone is 3. The molecule has 15 heavy (non-hydrogen) atoms. The average Bonchev–Trinajstić information content (AvgIpc) is 2.22. The highest BCUT2D eigenvalue weighted by molar-refractivity contribution is 5.88. The lowest BCUT2D eigenvalue weighted by molar-refractivity contribution is -0.116. The van der Waals surface area contributed by atoms with Gasteiger partial charge in [0.25, 0.3) is 0 Å². The topological polar surface area (TPSA) is 32.3 Å². The van der Waals surface area contributed by atoms with Gasteiger partial charge >= 0.3 is 0 Å². The molecule has 0 aromatic carbocycles. The molecular weight excluding hydrogens is 188 g/mol. The van der Waals surface area contributed by atoms with Crippen molar-refractivity contribution in [3.05, 3.63) is 36.2 Å². The average molecular weight is 206 g/mol. The van der Waals surface area contributed by atoms with E-state index in [1.807, 2.05) is 36.4 Å². The van der Waals surface area contributed by atoms with Crippen LogP contribution in [0.2, 0.25) is 0 Å². The molecule has 1 heterocycles. The fourth-order valence-electron chi connectivity index (χ4n) is 1.26. The molecule has 3 heteroatoms. The highest BCUT2D eigenvalue weighted by atomic mass is 16.1. The van der Waals surface area contributed by atoms with Crippen molar-refractivity contribution >= 4 is 5.91 Å². The quantitative estimate of drug-likeness (QED) is 0.562. The fourth-order valence-corrected chi connectivity index (χ4v) is 1.26. The van der Waals surface area contributed by atoms with Crippen molar-refractivity contribution in [2.45, 2.75) is 19.8 Å². The zero-order valence-corrected chi connectivity index (χ0v) is 9.36. The molecule has 0 spiro atoms. The van der Waals surface area contributed by atoms with Gasteiger partial charge in [-0.05, 0) is 18.6 Å². The first kappa shape index (κ1) is 11.6. The van der Waals surface area contributed by atoms with Crippen LogP contribution in [-0.2, 0) is 4.79 Å². The molecule has 0 aromatic rings. The van der Waals surface area contributed by atoms with Crippen LogP contribution in [-0.4, -0.2) is 24.4 Å². The van der Waals surface area contributed by atoms with E-state index in [0.717, 1.165) is 25.1 Å². The molecule has 1 amide bonds. The molecule has 0 radical (unpaired) electrons. The van der Waals surface area contributed by atoms with E-state index in [-0.39, 0.29) is 5.91 Å². The monoisotopic (exact) mass is 206 g/mol. The zero-order chi connectivity index (χ0) is 11.1. The Hall–Kier alpha value is -1.51. The van der Waals surface area contributed by atoms with Gasteiger partial charge in [-0.2, -0.15) is 0 Å². The second kappa shape index (κ2) is 6.06. The van der Waals surface area contributed by atoms with Crippen LogP contribution >= 0.6 is 0 Å². The summed E-state index contributed by atoms with van der Waals surface area (Å²) in [5.41, 5.74) is 0.909. The Balaban J connectivity index is 2.44. The number of rotatable bonds is 4. The van der Waals surface area contributed by atoms with Crippen LogP contribution in [0.4, 0.5) is 0 Å². The molecule has 0 saturated heterocycles. The lowest BCUT2D eigenvalue weighted by atomic mass is 10.2. The summed E-state index contributed by atoms with van der Waals surface area (Å²) in [5, 5.41) is 2.85. The van der Waals surface area contributed by atoms with E-state index < -0.39 is 0 Å². The molecule has 0 bridgehead atoms. The third-order valence-electron chi connectivity index (χ3n) is 2.20. The predicted molar refractivity (Wildman–Crippen MR) is 62.0 cm³/mol. The van der Waals surface area contributed by atoms with Crippen molar-refractivity contribution in [3.8, 4) is 0 Å². The molecule has 0 aromatic heterocycles. The van der Waals surface area contributed by atoms with Gasteiger partial charge in [-0.25, -0.2) is 0 Å². The van der Waals surface area contributed by atoms with Crippen LogP contribution in [0, 0.1) is 0 Å². The van der Waals surface area contributed by atoms with Crippen LogP contribution in [0.25, 0.3) is 0 Å². The molecule has 0 atom stereocenters. The molecule has 0 unspecified atom stereocenters. The first-order valence-corrected chi connectivity index (χ1v) is 5.31. The molecule has 0 saturated carbocycles. The Bertz CT molecular complexity index is 303. The van der Waals surface area contributed by atoms with Crippen LogP contribution in [0.3, 0.4) is 0 Å². The maximum atomic E-state index is 11.5. The molecule has 0 aliphatic carbocycles. The van der Waals surface area contributed by atoms with Gasteiger partial charge in [-0.1, -0.05) is 19.4 Å². The molecule has 3 nitrogen and oxygen atoms in total. The summed E-state index contributed by atoms with van der Waals surface area (Å²) in [6.45, 7) is 2.86. The second-order valence-electron chi connectivity index (χ2n) is 3.53. The number of carbonyl (C=O) groups excluding carboxylic acids is 1. The van der Waals surface area contributed by atoms with Crippen molar-refractivity contribution in [2.24, 2.45) is 0 Å². The van der Waals surface area contributed by atoms with E-state index in [2.05, 4.69) is 12.2 Å². The molecule has 1 aliphatic rings. The Labute approximate surface area is 91.2 Å². The van der Waals surface area contributed by atoms with Gasteiger partial charge in [0.2, 0.25) is 5.91 Å².